The number of azo groups is 1. The number of aromatic nitrogens is 2. The van der Waals surface area contributed by atoms with Crippen molar-refractivity contribution in [3.63, 3.8) is 0 Å². The molecule has 0 aliphatic heterocycles. The molecule has 0 spiro atoms. The van der Waals surface area contributed by atoms with Gasteiger partial charge in [0.2, 0.25) is 11.6 Å². The van der Waals surface area contributed by atoms with Crippen LogP contribution in [-0.2, 0) is 14.1 Å². The Labute approximate surface area is 122 Å². The van der Waals surface area contributed by atoms with E-state index in [1.54, 1.807) is 0 Å². The summed E-state index contributed by atoms with van der Waals surface area (Å²) in [7, 11) is 2.52. The lowest BCUT2D eigenvalue weighted by Gasteiger charge is -2.05. The fourth-order valence-electron chi connectivity index (χ4n) is 1.65. The molecule has 1 aromatic carbocycles. The molecule has 0 aliphatic carbocycles. The van der Waals surface area contributed by atoms with Crippen molar-refractivity contribution in [3.8, 4) is 5.88 Å². The van der Waals surface area contributed by atoms with Crippen LogP contribution in [0.5, 0.6) is 5.88 Å². The van der Waals surface area contributed by atoms with Crippen LogP contribution >= 0.6 is 0 Å². The van der Waals surface area contributed by atoms with Crippen molar-refractivity contribution in [2.24, 2.45) is 24.3 Å². The number of nitrogens with zero attached hydrogens (tertiary/aromatic N) is 5. The minimum atomic E-state index is -0.800. The van der Waals surface area contributed by atoms with Crippen LogP contribution in [0.2, 0.25) is 0 Å². The van der Waals surface area contributed by atoms with Crippen molar-refractivity contribution in [1.82, 2.24) is 9.13 Å². The summed E-state index contributed by atoms with van der Waals surface area (Å²) in [4.78, 5) is 33.4. The molecule has 0 aliphatic rings. The van der Waals surface area contributed by atoms with Gasteiger partial charge in [-0.05, 0) is 12.1 Å². The first-order chi connectivity index (χ1) is 10.3. The Morgan fingerprint density at radius 1 is 1.09 bits per heavy atom. The van der Waals surface area contributed by atoms with E-state index in [1.165, 1.54) is 38.4 Å². The van der Waals surface area contributed by atoms with E-state index in [9.17, 15) is 24.8 Å². The third kappa shape index (κ3) is 2.61. The quantitative estimate of drug-likeness (QED) is 0.515. The van der Waals surface area contributed by atoms with Gasteiger partial charge in [0.15, 0.2) is 0 Å². The Hall–Kier alpha value is -3.30. The summed E-state index contributed by atoms with van der Waals surface area (Å²) in [6, 6.07) is 5.14. The molecule has 0 saturated carbocycles. The van der Waals surface area contributed by atoms with E-state index in [0.29, 0.717) is 0 Å². The molecule has 114 valence electrons. The van der Waals surface area contributed by atoms with Crippen LogP contribution in [0, 0.1) is 10.1 Å². The Balaban J connectivity index is 2.45. The lowest BCUT2D eigenvalue weighted by molar-refractivity contribution is -0.384. The molecule has 0 bridgehead atoms. The van der Waals surface area contributed by atoms with E-state index in [2.05, 4.69) is 10.2 Å². The molecule has 2 rings (SSSR count). The van der Waals surface area contributed by atoms with Gasteiger partial charge in [-0.15, -0.1) is 5.11 Å². The zero-order valence-electron chi connectivity index (χ0n) is 11.6. The Bertz CT molecular complexity index is 879. The highest BCUT2D eigenvalue weighted by molar-refractivity contribution is 5.47. The molecule has 10 nitrogen and oxygen atoms in total. The molecule has 0 unspecified atom stereocenters. The van der Waals surface area contributed by atoms with Gasteiger partial charge in [-0.1, -0.05) is 0 Å². The maximum atomic E-state index is 11.9. The molecule has 10 heteroatoms. The molecule has 0 saturated heterocycles. The van der Waals surface area contributed by atoms with Gasteiger partial charge >= 0.3 is 5.69 Å². The zero-order chi connectivity index (χ0) is 16.4. The van der Waals surface area contributed by atoms with Crippen molar-refractivity contribution >= 4 is 17.1 Å². The highest BCUT2D eigenvalue weighted by Gasteiger charge is 2.14. The zero-order valence-corrected chi connectivity index (χ0v) is 11.6. The van der Waals surface area contributed by atoms with E-state index >= 15 is 0 Å². The van der Waals surface area contributed by atoms with Gasteiger partial charge in [0.25, 0.3) is 11.2 Å². The minimum Gasteiger partial charge on any atom is -0.493 e. The van der Waals surface area contributed by atoms with Crippen molar-refractivity contribution < 1.29 is 10.0 Å². The van der Waals surface area contributed by atoms with Crippen LogP contribution in [0.4, 0.5) is 17.1 Å². The Morgan fingerprint density at radius 2 is 1.68 bits per heavy atom. The summed E-state index contributed by atoms with van der Waals surface area (Å²) in [6.07, 6.45) is 0. The maximum Gasteiger partial charge on any atom is 0.333 e. The van der Waals surface area contributed by atoms with E-state index in [-0.39, 0.29) is 11.4 Å². The number of benzene rings is 1. The van der Waals surface area contributed by atoms with Crippen molar-refractivity contribution in [2.45, 2.75) is 0 Å². The second kappa shape index (κ2) is 5.60. The minimum absolute atomic E-state index is 0.111. The third-order valence-corrected chi connectivity index (χ3v) is 2.94. The first kappa shape index (κ1) is 15.1. The highest BCUT2D eigenvalue weighted by Crippen LogP contribution is 2.23. The molecular formula is C12H11N5O5. The van der Waals surface area contributed by atoms with Crippen molar-refractivity contribution in [3.05, 3.63) is 55.2 Å². The standard InChI is InChI=1S/C12H11N5O5/c1-15-10(18)9(11(19)16(2)12(15)20)14-13-7-3-5-8(6-4-7)17(21)22/h3-6,18H,1-2H3. The Morgan fingerprint density at radius 3 is 2.23 bits per heavy atom. The number of aromatic hydroxyl groups is 1. The highest BCUT2D eigenvalue weighted by atomic mass is 16.6. The molecule has 1 N–H and O–H groups in total. The largest absolute Gasteiger partial charge is 0.493 e. The monoisotopic (exact) mass is 305 g/mol. The van der Waals surface area contributed by atoms with E-state index in [4.69, 9.17) is 0 Å². The van der Waals surface area contributed by atoms with Crippen LogP contribution in [0.3, 0.4) is 0 Å². The van der Waals surface area contributed by atoms with Crippen LogP contribution in [0.1, 0.15) is 0 Å². The summed E-state index contributed by atoms with van der Waals surface area (Å²) in [5.74, 6) is -0.612. The smallest absolute Gasteiger partial charge is 0.333 e. The molecular weight excluding hydrogens is 294 g/mol. The number of rotatable bonds is 3. The first-order valence-electron chi connectivity index (χ1n) is 5.98. The van der Waals surface area contributed by atoms with E-state index in [0.717, 1.165) is 9.13 Å². The van der Waals surface area contributed by atoms with Gasteiger partial charge < -0.3 is 5.11 Å². The Kier molecular flexibility index (Phi) is 3.84. The summed E-state index contributed by atoms with van der Waals surface area (Å²) >= 11 is 0. The van der Waals surface area contributed by atoms with Crippen LogP contribution in [0.25, 0.3) is 0 Å². The summed E-state index contributed by atoms with van der Waals surface area (Å²) in [6.45, 7) is 0. The second-order valence-electron chi connectivity index (χ2n) is 4.35. The number of hydrogen-bond donors (Lipinski definition) is 1. The topological polar surface area (TPSA) is 132 Å². The van der Waals surface area contributed by atoms with Gasteiger partial charge in [-0.3, -0.25) is 24.0 Å². The predicted molar refractivity (Wildman–Crippen MR) is 75.9 cm³/mol. The first-order valence-corrected chi connectivity index (χ1v) is 5.98. The fraction of sp³-hybridized carbons (Fsp3) is 0.167. The normalized spacial score (nSPS) is 11.0. The summed E-state index contributed by atoms with van der Waals surface area (Å²) in [5.41, 5.74) is -1.76. The summed E-state index contributed by atoms with van der Waals surface area (Å²) < 4.78 is 1.63. The van der Waals surface area contributed by atoms with Gasteiger partial charge in [-0.25, -0.2) is 4.79 Å². The maximum absolute atomic E-state index is 11.9. The molecule has 1 heterocycles. The SMILES string of the molecule is Cn1c(O)c(N=Nc2ccc([N+](=O)[O-])cc2)c(=O)n(C)c1=O. The van der Waals surface area contributed by atoms with Crippen LogP contribution < -0.4 is 11.2 Å². The number of hydrogen-bond acceptors (Lipinski definition) is 7. The lowest BCUT2D eigenvalue weighted by atomic mass is 10.3. The average molecular weight is 305 g/mol. The van der Waals surface area contributed by atoms with Gasteiger partial charge in [0.1, 0.15) is 0 Å². The van der Waals surface area contributed by atoms with Gasteiger partial charge in [-0.2, -0.15) is 5.11 Å². The number of non-ortho nitro benzene ring substituents is 1. The van der Waals surface area contributed by atoms with Crippen molar-refractivity contribution in [1.29, 1.82) is 0 Å². The molecule has 0 fully saturated rings. The van der Waals surface area contributed by atoms with Gasteiger partial charge in [0, 0.05) is 26.2 Å². The van der Waals surface area contributed by atoms with Gasteiger partial charge in [0.05, 0.1) is 10.6 Å². The number of nitro benzene ring substituents is 1. The lowest BCUT2D eigenvalue weighted by Crippen LogP contribution is -2.36. The molecule has 22 heavy (non-hydrogen) atoms. The molecule has 1 aromatic heterocycles. The third-order valence-electron chi connectivity index (χ3n) is 2.94. The fourth-order valence-corrected chi connectivity index (χ4v) is 1.65. The predicted octanol–water partition coefficient (Wildman–Crippen LogP) is 1.11. The molecule has 2 aromatic rings. The average Bonchev–Trinajstić information content (AvgIpc) is 2.51. The number of nitro groups is 1. The summed E-state index contributed by atoms with van der Waals surface area (Å²) in [5, 5.41) is 27.7. The second-order valence-corrected chi connectivity index (χ2v) is 4.35. The van der Waals surface area contributed by atoms with E-state index in [1.807, 2.05) is 0 Å². The molecule has 0 atom stereocenters. The van der Waals surface area contributed by atoms with Crippen LogP contribution in [0.15, 0.2) is 44.1 Å². The van der Waals surface area contributed by atoms with E-state index < -0.39 is 27.7 Å². The van der Waals surface area contributed by atoms with Crippen LogP contribution in [-0.4, -0.2) is 19.2 Å². The van der Waals surface area contributed by atoms with Crippen molar-refractivity contribution in [2.75, 3.05) is 0 Å². The molecule has 0 radical (unpaired) electrons. The molecule has 0 amide bonds.